The first kappa shape index (κ1) is 14.6. The average molecular weight is 323 g/mol. The minimum absolute atomic E-state index is 0.107. The van der Waals surface area contributed by atoms with Crippen LogP contribution in [0.3, 0.4) is 0 Å². The predicted molar refractivity (Wildman–Crippen MR) is 85.6 cm³/mol. The van der Waals surface area contributed by atoms with Gasteiger partial charge in [-0.2, -0.15) is 4.98 Å². The summed E-state index contributed by atoms with van der Waals surface area (Å²) in [5, 5.41) is 6.82. The lowest BCUT2D eigenvalue weighted by Crippen LogP contribution is -2.25. The molecular formula is C18H14FN3O2. The first-order chi connectivity index (χ1) is 11.7. The van der Waals surface area contributed by atoms with Crippen LogP contribution < -0.4 is 5.32 Å². The van der Waals surface area contributed by atoms with Crippen LogP contribution in [0.25, 0.3) is 22.8 Å². The molecule has 120 valence electrons. The summed E-state index contributed by atoms with van der Waals surface area (Å²) in [6, 6.07) is 13.3. The van der Waals surface area contributed by atoms with E-state index in [1.54, 1.807) is 36.4 Å². The van der Waals surface area contributed by atoms with Gasteiger partial charge in [-0.25, -0.2) is 4.39 Å². The zero-order valence-electron chi connectivity index (χ0n) is 12.7. The molecule has 4 rings (SSSR count). The van der Waals surface area contributed by atoms with E-state index in [1.165, 1.54) is 12.1 Å². The molecule has 1 aliphatic carbocycles. The fraction of sp³-hybridized carbons (Fsp3) is 0.167. The summed E-state index contributed by atoms with van der Waals surface area (Å²) in [5.74, 6) is 0.120. The first-order valence-corrected chi connectivity index (χ1v) is 7.70. The monoisotopic (exact) mass is 323 g/mol. The second-order valence-corrected chi connectivity index (χ2v) is 5.76. The molecule has 1 heterocycles. The summed E-state index contributed by atoms with van der Waals surface area (Å²) in [6.45, 7) is 0. The largest absolute Gasteiger partial charge is 0.349 e. The number of benzene rings is 2. The molecule has 5 nitrogen and oxygen atoms in total. The number of aromatic nitrogens is 2. The van der Waals surface area contributed by atoms with Crippen molar-refractivity contribution >= 4 is 5.91 Å². The van der Waals surface area contributed by atoms with Crippen molar-refractivity contribution < 1.29 is 13.7 Å². The minimum atomic E-state index is -0.363. The molecule has 3 aromatic rings. The number of amides is 1. The maximum atomic E-state index is 13.3. The van der Waals surface area contributed by atoms with Crippen molar-refractivity contribution in [2.24, 2.45) is 0 Å². The minimum Gasteiger partial charge on any atom is -0.349 e. The number of carbonyl (C=O) groups excluding carboxylic acids is 1. The highest BCUT2D eigenvalue weighted by Gasteiger charge is 2.24. The van der Waals surface area contributed by atoms with Crippen LogP contribution in [0.1, 0.15) is 23.2 Å². The molecule has 2 aromatic carbocycles. The number of rotatable bonds is 4. The van der Waals surface area contributed by atoms with E-state index in [4.69, 9.17) is 4.52 Å². The predicted octanol–water partition coefficient (Wildman–Crippen LogP) is 3.43. The van der Waals surface area contributed by atoms with Crippen molar-refractivity contribution in [3.05, 3.63) is 59.9 Å². The zero-order chi connectivity index (χ0) is 16.5. The van der Waals surface area contributed by atoms with Crippen LogP contribution in [-0.2, 0) is 0 Å². The summed E-state index contributed by atoms with van der Waals surface area (Å²) in [7, 11) is 0. The summed E-state index contributed by atoms with van der Waals surface area (Å²) < 4.78 is 18.6. The Labute approximate surface area is 137 Å². The van der Waals surface area contributed by atoms with Crippen LogP contribution in [0.5, 0.6) is 0 Å². The molecule has 1 amide bonds. The Kier molecular flexibility index (Phi) is 3.57. The third-order valence-electron chi connectivity index (χ3n) is 3.79. The molecule has 1 N–H and O–H groups in total. The summed E-state index contributed by atoms with van der Waals surface area (Å²) in [4.78, 5) is 16.4. The van der Waals surface area contributed by atoms with Crippen molar-refractivity contribution in [1.82, 2.24) is 15.5 Å². The Morgan fingerprint density at radius 2 is 1.92 bits per heavy atom. The van der Waals surface area contributed by atoms with E-state index in [0.717, 1.165) is 12.8 Å². The Hall–Kier alpha value is -3.02. The van der Waals surface area contributed by atoms with Gasteiger partial charge in [-0.3, -0.25) is 4.79 Å². The fourth-order valence-electron chi connectivity index (χ4n) is 2.38. The van der Waals surface area contributed by atoms with Crippen molar-refractivity contribution in [3.63, 3.8) is 0 Å². The molecule has 0 radical (unpaired) electrons. The summed E-state index contributed by atoms with van der Waals surface area (Å²) >= 11 is 0. The number of nitrogens with one attached hydrogen (secondary N) is 1. The number of hydrogen-bond acceptors (Lipinski definition) is 4. The fourth-order valence-corrected chi connectivity index (χ4v) is 2.38. The van der Waals surface area contributed by atoms with Crippen molar-refractivity contribution in [2.45, 2.75) is 18.9 Å². The lowest BCUT2D eigenvalue weighted by Gasteiger charge is -2.03. The highest BCUT2D eigenvalue weighted by atomic mass is 19.1. The molecule has 0 aliphatic heterocycles. The first-order valence-electron chi connectivity index (χ1n) is 7.70. The summed E-state index contributed by atoms with van der Waals surface area (Å²) in [5.41, 5.74) is 1.73. The average Bonchev–Trinajstić information content (AvgIpc) is 3.26. The van der Waals surface area contributed by atoms with Gasteiger partial charge in [0, 0.05) is 22.7 Å². The molecule has 0 bridgehead atoms. The van der Waals surface area contributed by atoms with Gasteiger partial charge < -0.3 is 9.84 Å². The standard InChI is InChI=1S/C18H14FN3O2/c19-14-6-2-3-11(10-14)16-21-18(24-22-16)13-5-1-4-12(9-13)17(23)20-15-7-8-15/h1-6,9-10,15H,7-8H2,(H,20,23). The van der Waals surface area contributed by atoms with Crippen LogP contribution >= 0.6 is 0 Å². The molecule has 0 saturated heterocycles. The molecule has 24 heavy (non-hydrogen) atoms. The number of carbonyl (C=O) groups is 1. The molecule has 1 aliphatic rings. The molecule has 1 saturated carbocycles. The van der Waals surface area contributed by atoms with Gasteiger partial charge in [0.15, 0.2) is 0 Å². The second-order valence-electron chi connectivity index (χ2n) is 5.76. The third kappa shape index (κ3) is 3.03. The van der Waals surface area contributed by atoms with E-state index >= 15 is 0 Å². The van der Waals surface area contributed by atoms with Gasteiger partial charge in [-0.15, -0.1) is 0 Å². The number of halogens is 1. The second kappa shape index (κ2) is 5.88. The Bertz CT molecular complexity index is 903. The molecule has 6 heteroatoms. The van der Waals surface area contributed by atoms with E-state index in [9.17, 15) is 9.18 Å². The van der Waals surface area contributed by atoms with Gasteiger partial charge in [0.1, 0.15) is 5.82 Å². The maximum absolute atomic E-state index is 13.3. The third-order valence-corrected chi connectivity index (χ3v) is 3.79. The van der Waals surface area contributed by atoms with Gasteiger partial charge in [-0.1, -0.05) is 23.4 Å². The van der Waals surface area contributed by atoms with Crippen LogP contribution in [0.15, 0.2) is 53.1 Å². The van der Waals surface area contributed by atoms with E-state index in [-0.39, 0.29) is 17.6 Å². The summed E-state index contributed by atoms with van der Waals surface area (Å²) in [6.07, 6.45) is 2.07. The normalized spacial score (nSPS) is 13.7. The lowest BCUT2D eigenvalue weighted by molar-refractivity contribution is 0.0951. The van der Waals surface area contributed by atoms with Crippen LogP contribution in [-0.4, -0.2) is 22.1 Å². The van der Waals surface area contributed by atoms with E-state index < -0.39 is 0 Å². The van der Waals surface area contributed by atoms with Crippen LogP contribution in [0.2, 0.25) is 0 Å². The molecule has 1 aromatic heterocycles. The smallest absolute Gasteiger partial charge is 0.258 e. The molecule has 0 atom stereocenters. The van der Waals surface area contributed by atoms with Gasteiger partial charge >= 0.3 is 0 Å². The van der Waals surface area contributed by atoms with Gasteiger partial charge in [-0.05, 0) is 43.2 Å². The number of nitrogens with zero attached hydrogens (tertiary/aromatic N) is 2. The highest BCUT2D eigenvalue weighted by molar-refractivity contribution is 5.95. The van der Waals surface area contributed by atoms with Crippen molar-refractivity contribution in [2.75, 3.05) is 0 Å². The van der Waals surface area contributed by atoms with E-state index in [0.29, 0.717) is 28.6 Å². The van der Waals surface area contributed by atoms with Crippen molar-refractivity contribution in [1.29, 1.82) is 0 Å². The van der Waals surface area contributed by atoms with Crippen LogP contribution in [0, 0.1) is 5.82 Å². The number of hydrogen-bond donors (Lipinski definition) is 1. The zero-order valence-corrected chi connectivity index (χ0v) is 12.7. The van der Waals surface area contributed by atoms with E-state index in [2.05, 4.69) is 15.5 Å². The Morgan fingerprint density at radius 1 is 1.12 bits per heavy atom. The SMILES string of the molecule is O=C(NC1CC1)c1cccc(-c2nc(-c3cccc(F)c3)no2)c1. The Balaban J connectivity index is 1.61. The van der Waals surface area contributed by atoms with E-state index in [1.807, 2.05) is 0 Å². The Morgan fingerprint density at radius 3 is 2.71 bits per heavy atom. The lowest BCUT2D eigenvalue weighted by atomic mass is 10.1. The molecule has 1 fully saturated rings. The molecular weight excluding hydrogens is 309 g/mol. The molecule has 0 unspecified atom stereocenters. The van der Waals surface area contributed by atoms with Gasteiger partial charge in [0.25, 0.3) is 11.8 Å². The van der Waals surface area contributed by atoms with Gasteiger partial charge in [0.2, 0.25) is 5.82 Å². The maximum Gasteiger partial charge on any atom is 0.258 e. The highest BCUT2D eigenvalue weighted by Crippen LogP contribution is 2.24. The topological polar surface area (TPSA) is 68.0 Å². The molecule has 0 spiro atoms. The quantitative estimate of drug-likeness (QED) is 0.798. The van der Waals surface area contributed by atoms with Gasteiger partial charge in [0.05, 0.1) is 0 Å². The van der Waals surface area contributed by atoms with Crippen LogP contribution in [0.4, 0.5) is 4.39 Å². The van der Waals surface area contributed by atoms with Crippen molar-refractivity contribution in [3.8, 4) is 22.8 Å².